The van der Waals surface area contributed by atoms with E-state index in [1.165, 1.54) is 10.5 Å². The molecule has 0 atom stereocenters. The number of anilines is 1. The van der Waals surface area contributed by atoms with Gasteiger partial charge in [-0.3, -0.25) is 0 Å². The van der Waals surface area contributed by atoms with Crippen LogP contribution in [0.2, 0.25) is 0 Å². The van der Waals surface area contributed by atoms with Gasteiger partial charge in [-0.15, -0.1) is 22.0 Å². The Morgan fingerprint density at radius 3 is 2.60 bits per heavy atom. The molecule has 0 aliphatic carbocycles. The lowest BCUT2D eigenvalue weighted by atomic mass is 10.2. The third-order valence-corrected chi connectivity index (χ3v) is 5.42. The Morgan fingerprint density at radius 2 is 1.95 bits per heavy atom. The Morgan fingerprint density at radius 1 is 1.20 bits per heavy atom. The van der Waals surface area contributed by atoms with Gasteiger partial charge in [0.1, 0.15) is 0 Å². The van der Waals surface area contributed by atoms with Crippen molar-refractivity contribution in [1.82, 2.24) is 10.2 Å². The predicted octanol–water partition coefficient (Wildman–Crippen LogP) is 4.62. The Kier molecular flexibility index (Phi) is 6.19. The molecule has 1 aromatic carbocycles. The molecule has 0 saturated carbocycles. The van der Waals surface area contributed by atoms with Crippen LogP contribution in [0.3, 0.4) is 0 Å². The van der Waals surface area contributed by atoms with Crippen molar-refractivity contribution in [3.05, 3.63) is 29.8 Å². The zero-order valence-electron chi connectivity index (χ0n) is 11.9. The highest BCUT2D eigenvalue weighted by molar-refractivity contribution is 8.00. The number of thioether (sulfide) groups is 2. The minimum absolute atomic E-state index is 0.616. The van der Waals surface area contributed by atoms with Crippen molar-refractivity contribution in [2.45, 2.75) is 28.8 Å². The lowest BCUT2D eigenvalue weighted by Crippen LogP contribution is -2.07. The van der Waals surface area contributed by atoms with E-state index in [0.717, 1.165) is 21.8 Å². The number of aromatic nitrogens is 2. The molecular weight excluding hydrogens is 306 g/mol. The topological polar surface area (TPSA) is 37.8 Å². The summed E-state index contributed by atoms with van der Waals surface area (Å²) in [6.07, 6.45) is 2.09. The first kappa shape index (κ1) is 15.7. The number of hydrogen-bond acceptors (Lipinski definition) is 6. The normalized spacial score (nSPS) is 11.0. The molecule has 2 aromatic rings. The first-order valence-corrected chi connectivity index (χ1v) is 9.53. The van der Waals surface area contributed by atoms with E-state index in [9.17, 15) is 0 Å². The molecule has 0 aliphatic heterocycles. The van der Waals surface area contributed by atoms with Crippen molar-refractivity contribution < 1.29 is 0 Å². The fourth-order valence-electron chi connectivity index (χ4n) is 1.50. The maximum Gasteiger partial charge on any atom is 0.206 e. The van der Waals surface area contributed by atoms with Crippen molar-refractivity contribution in [3.63, 3.8) is 0 Å². The molecule has 1 heterocycles. The van der Waals surface area contributed by atoms with Gasteiger partial charge in [0.15, 0.2) is 4.34 Å². The van der Waals surface area contributed by atoms with Crippen LogP contribution >= 0.6 is 34.9 Å². The highest BCUT2D eigenvalue weighted by Gasteiger charge is 2.05. The van der Waals surface area contributed by atoms with Gasteiger partial charge in [-0.2, -0.15) is 0 Å². The standard InChI is InChI=1S/C14H19N3S3/c1-10(2)8-15-13-16-17-14(20-13)19-9-11-4-6-12(18-3)7-5-11/h4-7,10H,8-9H2,1-3H3,(H,15,16). The molecule has 0 aliphatic rings. The summed E-state index contributed by atoms with van der Waals surface area (Å²) in [4.78, 5) is 1.30. The van der Waals surface area contributed by atoms with E-state index in [4.69, 9.17) is 0 Å². The van der Waals surface area contributed by atoms with E-state index < -0.39 is 0 Å². The van der Waals surface area contributed by atoms with Crippen molar-refractivity contribution in [3.8, 4) is 0 Å². The highest BCUT2D eigenvalue weighted by Crippen LogP contribution is 2.28. The smallest absolute Gasteiger partial charge is 0.206 e. The quantitative estimate of drug-likeness (QED) is 0.752. The average molecular weight is 326 g/mol. The van der Waals surface area contributed by atoms with E-state index >= 15 is 0 Å². The zero-order valence-corrected chi connectivity index (χ0v) is 14.4. The van der Waals surface area contributed by atoms with Gasteiger partial charge in [0, 0.05) is 17.2 Å². The minimum atomic E-state index is 0.616. The molecular formula is C14H19N3S3. The Hall–Kier alpha value is -0.720. The molecule has 6 heteroatoms. The summed E-state index contributed by atoms with van der Waals surface area (Å²) in [6, 6.07) is 8.68. The second-order valence-corrected chi connectivity index (χ2v) is 7.86. The zero-order chi connectivity index (χ0) is 14.4. The van der Waals surface area contributed by atoms with Crippen LogP contribution in [0.4, 0.5) is 5.13 Å². The molecule has 3 nitrogen and oxygen atoms in total. The van der Waals surface area contributed by atoms with E-state index in [1.54, 1.807) is 34.9 Å². The maximum atomic E-state index is 4.21. The summed E-state index contributed by atoms with van der Waals surface area (Å²) in [5.74, 6) is 1.55. The number of benzene rings is 1. The Bertz CT molecular complexity index is 523. The van der Waals surface area contributed by atoms with Gasteiger partial charge in [0.05, 0.1) is 0 Å². The molecule has 0 unspecified atom stereocenters. The number of nitrogens with zero attached hydrogens (tertiary/aromatic N) is 2. The predicted molar refractivity (Wildman–Crippen MR) is 91.0 cm³/mol. The van der Waals surface area contributed by atoms with Crippen LogP contribution in [0.5, 0.6) is 0 Å². The number of rotatable bonds is 7. The van der Waals surface area contributed by atoms with Crippen LogP contribution in [-0.4, -0.2) is 23.0 Å². The molecule has 0 saturated heterocycles. The monoisotopic (exact) mass is 325 g/mol. The average Bonchev–Trinajstić information content (AvgIpc) is 2.91. The van der Waals surface area contributed by atoms with E-state index in [2.05, 4.69) is 59.9 Å². The van der Waals surface area contributed by atoms with Crippen LogP contribution in [0, 0.1) is 5.92 Å². The molecule has 0 radical (unpaired) electrons. The molecule has 1 N–H and O–H groups in total. The Balaban J connectivity index is 1.84. The Labute approximate surface area is 133 Å². The van der Waals surface area contributed by atoms with Crippen LogP contribution in [0.25, 0.3) is 0 Å². The van der Waals surface area contributed by atoms with Crippen LogP contribution in [0.15, 0.2) is 33.5 Å². The largest absolute Gasteiger partial charge is 0.360 e. The van der Waals surface area contributed by atoms with Crippen molar-refractivity contribution in [2.24, 2.45) is 5.92 Å². The van der Waals surface area contributed by atoms with E-state index in [1.807, 2.05) is 0 Å². The summed E-state index contributed by atoms with van der Waals surface area (Å²) in [5, 5.41) is 12.6. The summed E-state index contributed by atoms with van der Waals surface area (Å²) in [5.41, 5.74) is 1.32. The van der Waals surface area contributed by atoms with Gasteiger partial charge in [-0.1, -0.05) is 49.1 Å². The van der Waals surface area contributed by atoms with Gasteiger partial charge in [0.25, 0.3) is 0 Å². The SMILES string of the molecule is CSc1ccc(CSc2nnc(NCC(C)C)s2)cc1. The lowest BCUT2D eigenvalue weighted by Gasteiger charge is -2.03. The fraction of sp³-hybridized carbons (Fsp3) is 0.429. The van der Waals surface area contributed by atoms with E-state index in [0.29, 0.717) is 5.92 Å². The summed E-state index contributed by atoms with van der Waals surface area (Å²) < 4.78 is 1.02. The number of nitrogens with one attached hydrogen (secondary N) is 1. The molecule has 1 aromatic heterocycles. The highest BCUT2D eigenvalue weighted by atomic mass is 32.2. The molecule has 0 fully saturated rings. The van der Waals surface area contributed by atoms with Gasteiger partial charge in [-0.25, -0.2) is 0 Å². The second kappa shape index (κ2) is 7.90. The van der Waals surface area contributed by atoms with Crippen molar-refractivity contribution in [1.29, 1.82) is 0 Å². The molecule has 108 valence electrons. The van der Waals surface area contributed by atoms with E-state index in [-0.39, 0.29) is 0 Å². The van der Waals surface area contributed by atoms with Crippen LogP contribution < -0.4 is 5.32 Å². The van der Waals surface area contributed by atoms with Gasteiger partial charge in [0.2, 0.25) is 5.13 Å². The lowest BCUT2D eigenvalue weighted by molar-refractivity contribution is 0.687. The first-order chi connectivity index (χ1) is 9.67. The molecule has 0 amide bonds. The molecule has 0 bridgehead atoms. The van der Waals surface area contributed by atoms with Crippen LogP contribution in [0.1, 0.15) is 19.4 Å². The van der Waals surface area contributed by atoms with Crippen molar-refractivity contribution >= 4 is 40.0 Å². The summed E-state index contributed by atoms with van der Waals surface area (Å²) in [6.45, 7) is 5.30. The fourth-order valence-corrected chi connectivity index (χ4v) is 3.62. The minimum Gasteiger partial charge on any atom is -0.360 e. The summed E-state index contributed by atoms with van der Waals surface area (Å²) >= 11 is 5.14. The van der Waals surface area contributed by atoms with Gasteiger partial charge < -0.3 is 5.32 Å². The molecule has 2 rings (SSSR count). The van der Waals surface area contributed by atoms with Gasteiger partial charge >= 0.3 is 0 Å². The first-order valence-electron chi connectivity index (χ1n) is 6.50. The van der Waals surface area contributed by atoms with Crippen LogP contribution in [-0.2, 0) is 5.75 Å². The number of hydrogen-bond donors (Lipinski definition) is 1. The molecule has 0 spiro atoms. The van der Waals surface area contributed by atoms with Gasteiger partial charge in [-0.05, 0) is 29.9 Å². The maximum absolute atomic E-state index is 4.21. The third-order valence-electron chi connectivity index (χ3n) is 2.59. The van der Waals surface area contributed by atoms with Crippen molar-refractivity contribution in [2.75, 3.05) is 18.1 Å². The molecule has 20 heavy (non-hydrogen) atoms. The summed E-state index contributed by atoms with van der Waals surface area (Å²) in [7, 11) is 0. The third kappa shape index (κ3) is 5.00. The second-order valence-electron chi connectivity index (χ2n) is 4.78.